The number of amides is 2. The van der Waals surface area contributed by atoms with Gasteiger partial charge in [0.1, 0.15) is 11.9 Å². The second kappa shape index (κ2) is 8.95. The van der Waals surface area contributed by atoms with E-state index < -0.39 is 38.9 Å². The molecule has 2 amide bonds. The molecule has 2 aliphatic heterocycles. The summed E-state index contributed by atoms with van der Waals surface area (Å²) in [4.78, 5) is 24.7. The lowest BCUT2D eigenvalue weighted by molar-refractivity contribution is -0.140. The summed E-state index contributed by atoms with van der Waals surface area (Å²) >= 11 is 0. The molecule has 2 heterocycles. The summed E-state index contributed by atoms with van der Waals surface area (Å²) in [5.74, 6) is -0.171. The number of carboxylic acid groups (broad SMARTS) is 1. The standard InChI is InChI=1S/C22H22F3N3O6S/c1-13-7-8-27(13)20(29)11-16-12-28(18-10-15(26-21(30)31)5-6-19(18)34-16)35(32,33)17-4-2-3-14(9-17)22(23,24)25/h2-6,9-10,13,16,26H,7-8,11-12H2,1H3,(H,30,31)/t13?,16-/m0/s1. The number of alkyl halides is 3. The summed E-state index contributed by atoms with van der Waals surface area (Å²) in [6.07, 6.45) is -6.32. The first-order valence-corrected chi connectivity index (χ1v) is 12.1. The lowest BCUT2D eigenvalue weighted by atomic mass is 10.0. The van der Waals surface area contributed by atoms with Gasteiger partial charge in [0, 0.05) is 18.3 Å². The highest BCUT2D eigenvalue weighted by molar-refractivity contribution is 7.92. The van der Waals surface area contributed by atoms with Crippen LogP contribution in [-0.2, 0) is 21.0 Å². The van der Waals surface area contributed by atoms with Crippen LogP contribution in [0.2, 0.25) is 0 Å². The van der Waals surface area contributed by atoms with Gasteiger partial charge in [0.15, 0.2) is 0 Å². The number of sulfonamides is 1. The van der Waals surface area contributed by atoms with Gasteiger partial charge in [-0.2, -0.15) is 13.2 Å². The lowest BCUT2D eigenvalue weighted by Gasteiger charge is -2.41. The molecule has 1 saturated heterocycles. The largest absolute Gasteiger partial charge is 0.486 e. The first kappa shape index (κ1) is 24.6. The summed E-state index contributed by atoms with van der Waals surface area (Å²) < 4.78 is 73.4. The van der Waals surface area contributed by atoms with Crippen molar-refractivity contribution in [1.82, 2.24) is 4.90 Å². The summed E-state index contributed by atoms with van der Waals surface area (Å²) in [5, 5.41) is 11.1. The Morgan fingerprint density at radius 2 is 1.94 bits per heavy atom. The summed E-state index contributed by atoms with van der Waals surface area (Å²) in [7, 11) is -4.54. The summed E-state index contributed by atoms with van der Waals surface area (Å²) in [6.45, 7) is 2.12. The molecule has 0 aromatic heterocycles. The number of hydrogen-bond donors (Lipinski definition) is 2. The van der Waals surface area contributed by atoms with Gasteiger partial charge in [-0.05, 0) is 49.7 Å². The molecular formula is C22H22F3N3O6S. The van der Waals surface area contributed by atoms with Crippen molar-refractivity contribution in [2.24, 2.45) is 0 Å². The maximum absolute atomic E-state index is 13.5. The van der Waals surface area contributed by atoms with E-state index in [0.717, 1.165) is 28.9 Å². The minimum Gasteiger partial charge on any atom is -0.486 e. The molecule has 2 aromatic rings. The number of halogens is 3. The van der Waals surface area contributed by atoms with E-state index in [1.165, 1.54) is 18.2 Å². The molecule has 9 nitrogen and oxygen atoms in total. The highest BCUT2D eigenvalue weighted by Crippen LogP contribution is 2.40. The molecule has 2 aromatic carbocycles. The number of rotatable bonds is 5. The van der Waals surface area contributed by atoms with Gasteiger partial charge < -0.3 is 14.7 Å². The van der Waals surface area contributed by atoms with E-state index in [9.17, 15) is 31.2 Å². The number of nitrogens with zero attached hydrogens (tertiary/aromatic N) is 2. The minimum atomic E-state index is -4.75. The first-order chi connectivity index (χ1) is 16.4. The minimum absolute atomic E-state index is 0.0352. The topological polar surface area (TPSA) is 116 Å². The van der Waals surface area contributed by atoms with Crippen molar-refractivity contribution in [3.05, 3.63) is 48.0 Å². The van der Waals surface area contributed by atoms with Crippen LogP contribution in [0, 0.1) is 0 Å². The molecule has 13 heteroatoms. The van der Waals surface area contributed by atoms with Crippen molar-refractivity contribution >= 4 is 33.4 Å². The molecule has 0 radical (unpaired) electrons. The van der Waals surface area contributed by atoms with Crippen molar-refractivity contribution in [1.29, 1.82) is 0 Å². The van der Waals surface area contributed by atoms with Crippen molar-refractivity contribution < 1.29 is 41.0 Å². The Morgan fingerprint density at radius 3 is 2.54 bits per heavy atom. The van der Waals surface area contributed by atoms with E-state index in [0.29, 0.717) is 12.6 Å². The van der Waals surface area contributed by atoms with Crippen LogP contribution in [0.4, 0.5) is 29.3 Å². The highest BCUT2D eigenvalue weighted by atomic mass is 32.2. The fourth-order valence-corrected chi connectivity index (χ4v) is 5.55. The number of fused-ring (bicyclic) bond motifs is 1. The predicted octanol–water partition coefficient (Wildman–Crippen LogP) is 3.76. The van der Waals surface area contributed by atoms with E-state index in [4.69, 9.17) is 9.84 Å². The third-order valence-corrected chi connectivity index (χ3v) is 7.71. The number of nitrogens with one attached hydrogen (secondary N) is 1. The molecule has 0 spiro atoms. The molecule has 4 rings (SSSR count). The maximum Gasteiger partial charge on any atom is 0.416 e. The maximum atomic E-state index is 13.5. The van der Waals surface area contributed by atoms with E-state index in [1.807, 2.05) is 6.92 Å². The lowest BCUT2D eigenvalue weighted by Crippen LogP contribution is -2.52. The number of ether oxygens (including phenoxy) is 1. The molecule has 0 saturated carbocycles. The fourth-order valence-electron chi connectivity index (χ4n) is 4.01. The van der Waals surface area contributed by atoms with Crippen LogP contribution in [0.25, 0.3) is 0 Å². The van der Waals surface area contributed by atoms with Crippen molar-refractivity contribution in [2.75, 3.05) is 22.7 Å². The third kappa shape index (κ3) is 4.99. The Morgan fingerprint density at radius 1 is 1.20 bits per heavy atom. The van der Waals surface area contributed by atoms with Gasteiger partial charge >= 0.3 is 12.3 Å². The molecule has 188 valence electrons. The SMILES string of the molecule is CC1CCN1C(=O)C[C@H]1CN(S(=O)(=O)c2cccc(C(F)(F)F)c2)c2cc(NC(=O)O)ccc2O1. The second-order valence-electron chi connectivity index (χ2n) is 8.34. The van der Waals surface area contributed by atoms with Gasteiger partial charge in [0.25, 0.3) is 10.0 Å². The number of likely N-dealkylation sites (tertiary alicyclic amines) is 1. The van der Waals surface area contributed by atoms with E-state index >= 15 is 0 Å². The molecular weight excluding hydrogens is 491 g/mol. The first-order valence-electron chi connectivity index (χ1n) is 10.7. The van der Waals surface area contributed by atoms with Crippen molar-refractivity contribution in [3.63, 3.8) is 0 Å². The zero-order valence-electron chi connectivity index (χ0n) is 18.4. The van der Waals surface area contributed by atoms with Crippen LogP contribution in [0.15, 0.2) is 47.4 Å². The van der Waals surface area contributed by atoms with E-state index in [1.54, 1.807) is 4.90 Å². The average molecular weight is 513 g/mol. The average Bonchev–Trinajstić information content (AvgIpc) is 2.76. The van der Waals surface area contributed by atoms with Gasteiger partial charge in [-0.15, -0.1) is 0 Å². The fraction of sp³-hybridized carbons (Fsp3) is 0.364. The smallest absolute Gasteiger partial charge is 0.416 e. The van der Waals surface area contributed by atoms with Crippen molar-refractivity contribution in [2.45, 2.75) is 43.0 Å². The normalized spacial score (nSPS) is 19.9. The van der Waals surface area contributed by atoms with Crippen LogP contribution in [0.1, 0.15) is 25.3 Å². The zero-order valence-corrected chi connectivity index (χ0v) is 19.3. The Hall–Kier alpha value is -3.48. The Bertz CT molecular complexity index is 1270. The molecule has 1 fully saturated rings. The molecule has 2 aliphatic rings. The van der Waals surface area contributed by atoms with E-state index in [2.05, 4.69) is 5.32 Å². The molecule has 0 bridgehead atoms. The Kier molecular flexibility index (Phi) is 6.30. The van der Waals surface area contributed by atoms with Crippen LogP contribution in [-0.4, -0.2) is 55.7 Å². The van der Waals surface area contributed by atoms with Crippen LogP contribution in [0.3, 0.4) is 0 Å². The molecule has 0 aliphatic carbocycles. The van der Waals surface area contributed by atoms with Gasteiger partial charge in [-0.25, -0.2) is 13.2 Å². The molecule has 1 unspecified atom stereocenters. The summed E-state index contributed by atoms with van der Waals surface area (Å²) in [5.41, 5.74) is -1.16. The number of carbonyl (C=O) groups is 2. The van der Waals surface area contributed by atoms with Crippen LogP contribution < -0.4 is 14.4 Å². The third-order valence-electron chi connectivity index (χ3n) is 5.93. The van der Waals surface area contributed by atoms with E-state index in [-0.39, 0.29) is 42.0 Å². The van der Waals surface area contributed by atoms with Gasteiger partial charge in [-0.1, -0.05) is 6.07 Å². The Labute approximate surface area is 199 Å². The van der Waals surface area contributed by atoms with Gasteiger partial charge in [0.05, 0.1) is 29.1 Å². The number of benzene rings is 2. The summed E-state index contributed by atoms with van der Waals surface area (Å²) in [6, 6.07) is 7.30. The van der Waals surface area contributed by atoms with Gasteiger partial charge in [-0.3, -0.25) is 14.4 Å². The second-order valence-corrected chi connectivity index (χ2v) is 10.2. The van der Waals surface area contributed by atoms with Gasteiger partial charge in [0.2, 0.25) is 5.91 Å². The number of hydrogen-bond acceptors (Lipinski definition) is 5. The highest BCUT2D eigenvalue weighted by Gasteiger charge is 2.39. The molecule has 2 atom stereocenters. The monoisotopic (exact) mass is 513 g/mol. The van der Waals surface area contributed by atoms with Crippen LogP contribution in [0.5, 0.6) is 5.75 Å². The predicted molar refractivity (Wildman–Crippen MR) is 119 cm³/mol. The number of carbonyl (C=O) groups excluding carboxylic acids is 1. The molecule has 2 N–H and O–H groups in total. The number of anilines is 2. The quantitative estimate of drug-likeness (QED) is 0.629. The van der Waals surface area contributed by atoms with Crippen molar-refractivity contribution in [3.8, 4) is 5.75 Å². The van der Waals surface area contributed by atoms with Crippen LogP contribution >= 0.6 is 0 Å². The Balaban J connectivity index is 1.72. The molecule has 35 heavy (non-hydrogen) atoms. The zero-order chi connectivity index (χ0) is 25.5.